The third-order valence-electron chi connectivity index (χ3n) is 3.52. The van der Waals surface area contributed by atoms with Crippen molar-refractivity contribution in [3.63, 3.8) is 0 Å². The second kappa shape index (κ2) is 5.74. The van der Waals surface area contributed by atoms with E-state index >= 15 is 0 Å². The van der Waals surface area contributed by atoms with Crippen molar-refractivity contribution in [2.45, 2.75) is 45.2 Å². The number of aromatic nitrogens is 2. The Bertz CT molecular complexity index is 454. The van der Waals surface area contributed by atoms with E-state index in [2.05, 4.69) is 9.88 Å². The van der Waals surface area contributed by atoms with E-state index in [1.165, 1.54) is 6.42 Å². The maximum absolute atomic E-state index is 12.4. The van der Waals surface area contributed by atoms with Crippen LogP contribution in [0.1, 0.15) is 39.2 Å². The number of halogens is 1. The van der Waals surface area contributed by atoms with Gasteiger partial charge in [0.1, 0.15) is 0 Å². The number of alkyl halides is 1. The molecule has 0 bridgehead atoms. The zero-order chi connectivity index (χ0) is 13.1. The Hall–Kier alpha value is -1.03. The summed E-state index contributed by atoms with van der Waals surface area (Å²) in [6.07, 6.45) is 6.95. The molecule has 2 rings (SSSR count). The highest BCUT2D eigenvalue weighted by Gasteiger charge is 2.27. The third kappa shape index (κ3) is 2.53. The van der Waals surface area contributed by atoms with E-state index < -0.39 is 0 Å². The van der Waals surface area contributed by atoms with Gasteiger partial charge in [0.05, 0.1) is 0 Å². The molecule has 0 unspecified atom stereocenters. The van der Waals surface area contributed by atoms with Crippen LogP contribution in [0.2, 0.25) is 0 Å². The first-order valence-corrected chi connectivity index (χ1v) is 7.08. The smallest absolute Gasteiger partial charge is 0.293 e. The van der Waals surface area contributed by atoms with Gasteiger partial charge in [-0.25, -0.2) is 4.98 Å². The first kappa shape index (κ1) is 13.4. The van der Waals surface area contributed by atoms with Gasteiger partial charge in [0.2, 0.25) is 0 Å². The maximum Gasteiger partial charge on any atom is 0.293 e. The van der Waals surface area contributed by atoms with E-state index in [0.29, 0.717) is 24.3 Å². The molecule has 1 heterocycles. The lowest BCUT2D eigenvalue weighted by Gasteiger charge is -2.37. The summed E-state index contributed by atoms with van der Waals surface area (Å²) in [5, 5.41) is 0. The predicted molar refractivity (Wildman–Crippen MR) is 74.6 cm³/mol. The molecule has 18 heavy (non-hydrogen) atoms. The molecule has 0 aromatic carbocycles. The number of rotatable bonds is 5. The summed E-state index contributed by atoms with van der Waals surface area (Å²) in [7, 11) is 0. The minimum Gasteiger partial charge on any atom is -0.348 e. The van der Waals surface area contributed by atoms with Gasteiger partial charge >= 0.3 is 0 Å². The summed E-state index contributed by atoms with van der Waals surface area (Å²) in [5.41, 5.74) is -0.00971. The Morgan fingerprint density at radius 3 is 2.78 bits per heavy atom. The molecule has 1 aromatic rings. The lowest BCUT2D eigenvalue weighted by Crippen LogP contribution is -2.45. The molecule has 0 N–H and O–H groups in total. The fourth-order valence-electron chi connectivity index (χ4n) is 2.27. The van der Waals surface area contributed by atoms with E-state index in [1.54, 1.807) is 17.0 Å². The fourth-order valence-corrected chi connectivity index (χ4v) is 2.45. The third-order valence-corrected chi connectivity index (χ3v) is 3.69. The van der Waals surface area contributed by atoms with Crippen LogP contribution in [-0.4, -0.2) is 28.0 Å². The van der Waals surface area contributed by atoms with Crippen LogP contribution in [0.5, 0.6) is 0 Å². The van der Waals surface area contributed by atoms with Gasteiger partial charge in [-0.3, -0.25) is 4.79 Å². The van der Waals surface area contributed by atoms with Gasteiger partial charge in [0.25, 0.3) is 5.56 Å². The lowest BCUT2D eigenvalue weighted by molar-refractivity contribution is 0.386. The quantitative estimate of drug-likeness (QED) is 0.771. The number of hydrogen-bond donors (Lipinski definition) is 0. The standard InChI is InChI=1S/C13H20ClN3O/c1-10(2)16-9-7-15-12(13(16)18)17(8-6-14)11-4-3-5-11/h7,9-11H,3-6,8H2,1-2H3. The summed E-state index contributed by atoms with van der Waals surface area (Å²) in [5.74, 6) is 1.07. The molecule has 1 aromatic heterocycles. The summed E-state index contributed by atoms with van der Waals surface area (Å²) in [6.45, 7) is 4.69. The second-order valence-corrected chi connectivity index (χ2v) is 5.40. The molecule has 1 saturated carbocycles. The van der Waals surface area contributed by atoms with Crippen molar-refractivity contribution in [2.75, 3.05) is 17.3 Å². The zero-order valence-corrected chi connectivity index (χ0v) is 11.7. The normalized spacial score (nSPS) is 15.8. The summed E-state index contributed by atoms with van der Waals surface area (Å²) >= 11 is 5.85. The van der Waals surface area contributed by atoms with E-state index in [4.69, 9.17) is 11.6 Å². The molecule has 0 atom stereocenters. The highest BCUT2D eigenvalue weighted by molar-refractivity contribution is 6.18. The molecule has 1 aliphatic rings. The Kier molecular flexibility index (Phi) is 4.27. The highest BCUT2D eigenvalue weighted by Crippen LogP contribution is 2.26. The van der Waals surface area contributed by atoms with Crippen LogP contribution in [0.4, 0.5) is 5.82 Å². The molecule has 1 fully saturated rings. The van der Waals surface area contributed by atoms with Crippen LogP contribution in [-0.2, 0) is 0 Å². The summed E-state index contributed by atoms with van der Waals surface area (Å²) in [4.78, 5) is 18.7. The van der Waals surface area contributed by atoms with Crippen LogP contribution in [0.25, 0.3) is 0 Å². The molecule has 100 valence electrons. The van der Waals surface area contributed by atoms with Crippen molar-refractivity contribution in [1.29, 1.82) is 0 Å². The second-order valence-electron chi connectivity index (χ2n) is 5.02. The van der Waals surface area contributed by atoms with Crippen molar-refractivity contribution in [3.05, 3.63) is 22.7 Å². The van der Waals surface area contributed by atoms with Crippen molar-refractivity contribution < 1.29 is 0 Å². The van der Waals surface area contributed by atoms with Crippen molar-refractivity contribution in [3.8, 4) is 0 Å². The molecule has 0 amide bonds. The highest BCUT2D eigenvalue weighted by atomic mass is 35.5. The molecule has 0 radical (unpaired) electrons. The van der Waals surface area contributed by atoms with Gasteiger partial charge in [-0.05, 0) is 33.1 Å². The molecule has 4 nitrogen and oxygen atoms in total. The monoisotopic (exact) mass is 269 g/mol. The number of anilines is 1. The van der Waals surface area contributed by atoms with E-state index in [9.17, 15) is 4.79 Å². The summed E-state index contributed by atoms with van der Waals surface area (Å²) < 4.78 is 1.72. The van der Waals surface area contributed by atoms with Crippen molar-refractivity contribution >= 4 is 17.4 Å². The van der Waals surface area contributed by atoms with Crippen molar-refractivity contribution in [2.24, 2.45) is 0 Å². The lowest BCUT2D eigenvalue weighted by atomic mass is 9.91. The molecule has 5 heteroatoms. The summed E-state index contributed by atoms with van der Waals surface area (Å²) in [6, 6.07) is 0.588. The van der Waals surface area contributed by atoms with Crippen LogP contribution >= 0.6 is 11.6 Å². The molecule has 0 aliphatic heterocycles. The van der Waals surface area contributed by atoms with Gasteiger partial charge in [-0.15, -0.1) is 11.6 Å². The van der Waals surface area contributed by atoms with Crippen LogP contribution < -0.4 is 10.5 Å². The molecule has 0 saturated heterocycles. The van der Waals surface area contributed by atoms with E-state index in [0.717, 1.165) is 12.8 Å². The van der Waals surface area contributed by atoms with Gasteiger partial charge in [-0.1, -0.05) is 0 Å². The van der Waals surface area contributed by atoms with Gasteiger partial charge < -0.3 is 9.47 Å². The van der Waals surface area contributed by atoms with Gasteiger partial charge in [0.15, 0.2) is 5.82 Å². The topological polar surface area (TPSA) is 38.1 Å². The Morgan fingerprint density at radius 1 is 1.56 bits per heavy atom. The van der Waals surface area contributed by atoms with Crippen LogP contribution in [0.3, 0.4) is 0 Å². The molecule has 1 aliphatic carbocycles. The number of nitrogens with zero attached hydrogens (tertiary/aromatic N) is 3. The predicted octanol–water partition coefficient (Wildman–Crippen LogP) is 2.42. The first-order chi connectivity index (χ1) is 8.65. The van der Waals surface area contributed by atoms with Crippen molar-refractivity contribution in [1.82, 2.24) is 9.55 Å². The Labute approximate surface area is 113 Å². The molecular formula is C13H20ClN3O. The van der Waals surface area contributed by atoms with Crippen LogP contribution in [0, 0.1) is 0 Å². The minimum atomic E-state index is -0.00971. The first-order valence-electron chi connectivity index (χ1n) is 6.55. The van der Waals surface area contributed by atoms with Gasteiger partial charge in [-0.2, -0.15) is 0 Å². The molecule has 0 spiro atoms. The average Bonchev–Trinajstić information content (AvgIpc) is 2.26. The van der Waals surface area contributed by atoms with E-state index in [1.807, 2.05) is 13.8 Å². The maximum atomic E-state index is 12.4. The Morgan fingerprint density at radius 2 is 2.28 bits per heavy atom. The van der Waals surface area contributed by atoms with Gasteiger partial charge in [0, 0.05) is 36.9 Å². The largest absolute Gasteiger partial charge is 0.348 e. The average molecular weight is 270 g/mol. The van der Waals surface area contributed by atoms with Crippen LogP contribution in [0.15, 0.2) is 17.2 Å². The van der Waals surface area contributed by atoms with E-state index in [-0.39, 0.29) is 11.6 Å². The minimum absolute atomic E-state index is 0.00971. The molecular weight excluding hydrogens is 250 g/mol. The zero-order valence-electron chi connectivity index (χ0n) is 11.0. The fraction of sp³-hybridized carbons (Fsp3) is 0.692. The SMILES string of the molecule is CC(C)n1ccnc(N(CCCl)C2CCC2)c1=O. The number of hydrogen-bond acceptors (Lipinski definition) is 3. The Balaban J connectivity index is 2.35.